The fourth-order valence-electron chi connectivity index (χ4n) is 2.88. The molecule has 0 amide bonds. The van der Waals surface area contributed by atoms with Gasteiger partial charge in [-0.1, -0.05) is 30.3 Å². The van der Waals surface area contributed by atoms with Crippen molar-refractivity contribution >= 4 is 0 Å². The highest BCUT2D eigenvalue weighted by molar-refractivity contribution is 5.14. The lowest BCUT2D eigenvalue weighted by molar-refractivity contribution is 0.204. The molecule has 0 spiro atoms. The average Bonchev–Trinajstić information content (AvgIpc) is 2.92. The van der Waals surface area contributed by atoms with Gasteiger partial charge in [0.05, 0.1) is 0 Å². The van der Waals surface area contributed by atoms with Crippen LogP contribution in [0, 0.1) is 5.92 Å². The summed E-state index contributed by atoms with van der Waals surface area (Å²) >= 11 is 0. The highest BCUT2D eigenvalue weighted by atomic mass is 15.1. The fourth-order valence-corrected chi connectivity index (χ4v) is 2.88. The van der Waals surface area contributed by atoms with Gasteiger partial charge in [0.1, 0.15) is 0 Å². The summed E-state index contributed by atoms with van der Waals surface area (Å²) in [5.41, 5.74) is 1.43. The number of rotatable bonds is 7. The Bertz CT molecular complexity index is 342. The SMILES string of the molecule is CC(C)N(CCCC1CCNC1)Cc1ccccc1. The predicted octanol–water partition coefficient (Wildman–Crippen LogP) is 3.29. The molecule has 1 saturated heterocycles. The third-order valence-corrected chi connectivity index (χ3v) is 4.18. The van der Waals surface area contributed by atoms with Gasteiger partial charge in [0.25, 0.3) is 0 Å². The minimum absolute atomic E-state index is 0.627. The Morgan fingerprint density at radius 1 is 1.26 bits per heavy atom. The Labute approximate surface area is 118 Å². The minimum atomic E-state index is 0.627. The number of hydrogen-bond acceptors (Lipinski definition) is 2. The van der Waals surface area contributed by atoms with Crippen LogP contribution in [0.1, 0.15) is 38.7 Å². The van der Waals surface area contributed by atoms with Crippen LogP contribution >= 0.6 is 0 Å². The molecule has 1 aromatic carbocycles. The molecule has 1 aliphatic rings. The molecular weight excluding hydrogens is 232 g/mol. The van der Waals surface area contributed by atoms with Crippen LogP contribution in [-0.2, 0) is 6.54 Å². The van der Waals surface area contributed by atoms with E-state index in [1.54, 1.807) is 0 Å². The fraction of sp³-hybridized carbons (Fsp3) is 0.647. The van der Waals surface area contributed by atoms with Crippen LogP contribution in [0.25, 0.3) is 0 Å². The first kappa shape index (κ1) is 14.5. The Hall–Kier alpha value is -0.860. The van der Waals surface area contributed by atoms with E-state index in [2.05, 4.69) is 54.4 Å². The highest BCUT2D eigenvalue weighted by Gasteiger charge is 2.15. The van der Waals surface area contributed by atoms with Crippen molar-refractivity contribution in [1.82, 2.24) is 10.2 Å². The molecule has 19 heavy (non-hydrogen) atoms. The maximum atomic E-state index is 3.46. The Morgan fingerprint density at radius 2 is 2.05 bits per heavy atom. The topological polar surface area (TPSA) is 15.3 Å². The van der Waals surface area contributed by atoms with Crippen molar-refractivity contribution in [3.63, 3.8) is 0 Å². The molecule has 1 aromatic rings. The van der Waals surface area contributed by atoms with Crippen molar-refractivity contribution in [2.45, 2.75) is 45.7 Å². The van der Waals surface area contributed by atoms with E-state index >= 15 is 0 Å². The van der Waals surface area contributed by atoms with Crippen molar-refractivity contribution in [3.8, 4) is 0 Å². The van der Waals surface area contributed by atoms with E-state index in [9.17, 15) is 0 Å². The molecule has 106 valence electrons. The summed E-state index contributed by atoms with van der Waals surface area (Å²) in [5, 5.41) is 3.46. The molecule has 0 aliphatic carbocycles. The van der Waals surface area contributed by atoms with Crippen molar-refractivity contribution < 1.29 is 0 Å². The van der Waals surface area contributed by atoms with Gasteiger partial charge in [-0.2, -0.15) is 0 Å². The van der Waals surface area contributed by atoms with E-state index in [4.69, 9.17) is 0 Å². The first-order chi connectivity index (χ1) is 9.25. The quantitative estimate of drug-likeness (QED) is 0.809. The van der Waals surface area contributed by atoms with E-state index in [1.165, 1.54) is 44.5 Å². The van der Waals surface area contributed by atoms with Gasteiger partial charge in [-0.15, -0.1) is 0 Å². The number of nitrogens with zero attached hydrogens (tertiary/aromatic N) is 1. The zero-order chi connectivity index (χ0) is 13.5. The van der Waals surface area contributed by atoms with Gasteiger partial charge in [-0.3, -0.25) is 4.90 Å². The summed E-state index contributed by atoms with van der Waals surface area (Å²) in [6.45, 7) is 9.38. The molecule has 1 atom stereocenters. The Balaban J connectivity index is 1.76. The molecule has 1 N–H and O–H groups in total. The van der Waals surface area contributed by atoms with Crippen LogP contribution in [0.15, 0.2) is 30.3 Å². The lowest BCUT2D eigenvalue weighted by Crippen LogP contribution is -2.31. The van der Waals surface area contributed by atoms with Gasteiger partial charge in [0, 0.05) is 12.6 Å². The van der Waals surface area contributed by atoms with Crippen molar-refractivity contribution in [2.75, 3.05) is 19.6 Å². The van der Waals surface area contributed by atoms with Crippen LogP contribution < -0.4 is 5.32 Å². The van der Waals surface area contributed by atoms with E-state index in [1.807, 2.05) is 0 Å². The first-order valence-corrected chi connectivity index (χ1v) is 7.74. The molecular formula is C17H28N2. The monoisotopic (exact) mass is 260 g/mol. The van der Waals surface area contributed by atoms with Gasteiger partial charge >= 0.3 is 0 Å². The summed E-state index contributed by atoms with van der Waals surface area (Å²) in [6, 6.07) is 11.5. The van der Waals surface area contributed by atoms with Crippen LogP contribution in [0.5, 0.6) is 0 Å². The molecule has 1 aliphatic heterocycles. The molecule has 0 saturated carbocycles. The first-order valence-electron chi connectivity index (χ1n) is 7.74. The van der Waals surface area contributed by atoms with Crippen molar-refractivity contribution in [2.24, 2.45) is 5.92 Å². The standard InChI is InChI=1S/C17H28N2/c1-15(2)19(14-17-7-4-3-5-8-17)12-6-9-16-10-11-18-13-16/h3-5,7-8,15-16,18H,6,9-14H2,1-2H3. The number of nitrogens with one attached hydrogen (secondary N) is 1. The van der Waals surface area contributed by atoms with E-state index in [0.717, 1.165) is 12.5 Å². The van der Waals surface area contributed by atoms with Gasteiger partial charge in [-0.05, 0) is 64.2 Å². The van der Waals surface area contributed by atoms with Gasteiger partial charge in [-0.25, -0.2) is 0 Å². The molecule has 1 fully saturated rings. The highest BCUT2D eigenvalue weighted by Crippen LogP contribution is 2.16. The average molecular weight is 260 g/mol. The second kappa shape index (κ2) is 7.66. The summed E-state index contributed by atoms with van der Waals surface area (Å²) in [4.78, 5) is 2.59. The molecule has 2 rings (SSSR count). The lowest BCUT2D eigenvalue weighted by Gasteiger charge is -2.27. The zero-order valence-corrected chi connectivity index (χ0v) is 12.4. The van der Waals surface area contributed by atoms with Crippen LogP contribution in [0.2, 0.25) is 0 Å². The maximum Gasteiger partial charge on any atom is 0.0236 e. The number of hydrogen-bond donors (Lipinski definition) is 1. The van der Waals surface area contributed by atoms with E-state index < -0.39 is 0 Å². The molecule has 1 unspecified atom stereocenters. The second-order valence-corrected chi connectivity index (χ2v) is 6.05. The van der Waals surface area contributed by atoms with E-state index in [-0.39, 0.29) is 0 Å². The third kappa shape index (κ3) is 4.96. The van der Waals surface area contributed by atoms with Crippen molar-refractivity contribution in [3.05, 3.63) is 35.9 Å². The summed E-state index contributed by atoms with van der Waals surface area (Å²) < 4.78 is 0. The molecule has 0 radical (unpaired) electrons. The molecule has 1 heterocycles. The Morgan fingerprint density at radius 3 is 2.68 bits per heavy atom. The van der Waals surface area contributed by atoms with Crippen LogP contribution in [0.3, 0.4) is 0 Å². The Kier molecular flexibility index (Phi) is 5.87. The number of benzene rings is 1. The maximum absolute atomic E-state index is 3.46. The summed E-state index contributed by atoms with van der Waals surface area (Å²) in [7, 11) is 0. The zero-order valence-electron chi connectivity index (χ0n) is 12.4. The predicted molar refractivity (Wildman–Crippen MR) is 82.2 cm³/mol. The second-order valence-electron chi connectivity index (χ2n) is 6.05. The summed E-state index contributed by atoms with van der Waals surface area (Å²) in [6.07, 6.45) is 4.09. The van der Waals surface area contributed by atoms with Crippen LogP contribution in [-0.4, -0.2) is 30.6 Å². The largest absolute Gasteiger partial charge is 0.316 e. The third-order valence-electron chi connectivity index (χ3n) is 4.18. The molecule has 2 heteroatoms. The minimum Gasteiger partial charge on any atom is -0.316 e. The van der Waals surface area contributed by atoms with E-state index in [0.29, 0.717) is 6.04 Å². The lowest BCUT2D eigenvalue weighted by atomic mass is 10.0. The van der Waals surface area contributed by atoms with Crippen LogP contribution in [0.4, 0.5) is 0 Å². The van der Waals surface area contributed by atoms with Gasteiger partial charge < -0.3 is 5.32 Å². The normalized spacial score (nSPS) is 19.5. The smallest absolute Gasteiger partial charge is 0.0236 e. The molecule has 0 bridgehead atoms. The van der Waals surface area contributed by atoms with Gasteiger partial charge in [0.2, 0.25) is 0 Å². The molecule has 0 aromatic heterocycles. The van der Waals surface area contributed by atoms with Gasteiger partial charge in [0.15, 0.2) is 0 Å². The summed E-state index contributed by atoms with van der Waals surface area (Å²) in [5.74, 6) is 0.922. The molecule has 2 nitrogen and oxygen atoms in total. The van der Waals surface area contributed by atoms with Crippen molar-refractivity contribution in [1.29, 1.82) is 0 Å².